The van der Waals surface area contributed by atoms with Crippen LogP contribution in [0.5, 0.6) is 5.75 Å². The highest BCUT2D eigenvalue weighted by molar-refractivity contribution is 5.94. The molecule has 0 spiro atoms. The molecule has 104 valence electrons. The van der Waals surface area contributed by atoms with Crippen LogP contribution >= 0.6 is 0 Å². The summed E-state index contributed by atoms with van der Waals surface area (Å²) >= 11 is 0. The Morgan fingerprint density at radius 3 is 2.71 bits per heavy atom. The van der Waals surface area contributed by atoms with Gasteiger partial charge in [-0.3, -0.25) is 4.98 Å². The SMILES string of the molecule is COc1ccccc1-c1cnc2ccc(C(=O)O)cc2c1. The van der Waals surface area contributed by atoms with Crippen LogP contribution in [0.25, 0.3) is 22.0 Å². The zero-order valence-electron chi connectivity index (χ0n) is 11.4. The van der Waals surface area contributed by atoms with Crippen LogP contribution in [0.2, 0.25) is 0 Å². The first-order valence-electron chi connectivity index (χ1n) is 6.45. The monoisotopic (exact) mass is 279 g/mol. The smallest absolute Gasteiger partial charge is 0.335 e. The summed E-state index contributed by atoms with van der Waals surface area (Å²) in [5.74, 6) is -0.187. The highest BCUT2D eigenvalue weighted by atomic mass is 16.5. The second-order valence-corrected chi connectivity index (χ2v) is 4.64. The van der Waals surface area contributed by atoms with E-state index in [2.05, 4.69) is 4.98 Å². The van der Waals surface area contributed by atoms with Gasteiger partial charge in [0.15, 0.2) is 0 Å². The number of carbonyl (C=O) groups is 1. The van der Waals surface area contributed by atoms with Crippen molar-refractivity contribution in [3.05, 3.63) is 60.3 Å². The molecule has 0 unspecified atom stereocenters. The average Bonchev–Trinajstić information content (AvgIpc) is 2.53. The number of benzene rings is 2. The molecule has 0 atom stereocenters. The highest BCUT2D eigenvalue weighted by Gasteiger charge is 2.08. The van der Waals surface area contributed by atoms with Crippen LogP contribution in [-0.2, 0) is 0 Å². The van der Waals surface area contributed by atoms with E-state index in [0.717, 1.165) is 27.8 Å². The number of ether oxygens (including phenoxy) is 1. The van der Waals surface area contributed by atoms with Crippen LogP contribution in [0.4, 0.5) is 0 Å². The Labute approximate surface area is 121 Å². The van der Waals surface area contributed by atoms with Crippen molar-refractivity contribution in [2.24, 2.45) is 0 Å². The lowest BCUT2D eigenvalue weighted by Crippen LogP contribution is -1.96. The molecule has 1 N–H and O–H groups in total. The summed E-state index contributed by atoms with van der Waals surface area (Å²) in [4.78, 5) is 15.4. The van der Waals surface area contributed by atoms with Gasteiger partial charge in [0.1, 0.15) is 5.75 Å². The summed E-state index contributed by atoms with van der Waals surface area (Å²) in [6.45, 7) is 0. The number of fused-ring (bicyclic) bond motifs is 1. The molecule has 2 aromatic carbocycles. The van der Waals surface area contributed by atoms with E-state index >= 15 is 0 Å². The third-order valence-electron chi connectivity index (χ3n) is 3.35. The molecule has 0 bridgehead atoms. The number of rotatable bonds is 3. The molecule has 0 aliphatic rings. The summed E-state index contributed by atoms with van der Waals surface area (Å²) in [5, 5.41) is 9.86. The molecule has 0 saturated heterocycles. The number of hydrogen-bond acceptors (Lipinski definition) is 3. The molecule has 0 aliphatic heterocycles. The van der Waals surface area contributed by atoms with E-state index in [-0.39, 0.29) is 5.56 Å². The van der Waals surface area contributed by atoms with Crippen molar-refractivity contribution in [1.82, 2.24) is 4.98 Å². The molecule has 0 saturated carbocycles. The highest BCUT2D eigenvalue weighted by Crippen LogP contribution is 2.30. The van der Waals surface area contributed by atoms with Crippen molar-refractivity contribution in [3.8, 4) is 16.9 Å². The Hall–Kier alpha value is -2.88. The Morgan fingerprint density at radius 2 is 1.95 bits per heavy atom. The molecule has 0 amide bonds. The summed E-state index contributed by atoms with van der Waals surface area (Å²) in [7, 11) is 1.62. The average molecular weight is 279 g/mol. The van der Waals surface area contributed by atoms with E-state index in [0.29, 0.717) is 0 Å². The van der Waals surface area contributed by atoms with Gasteiger partial charge < -0.3 is 9.84 Å². The molecule has 0 radical (unpaired) electrons. The fourth-order valence-corrected chi connectivity index (χ4v) is 2.30. The lowest BCUT2D eigenvalue weighted by molar-refractivity contribution is 0.0697. The second kappa shape index (κ2) is 5.25. The number of carboxylic acids is 1. The summed E-state index contributed by atoms with van der Waals surface area (Å²) < 4.78 is 5.35. The topological polar surface area (TPSA) is 59.4 Å². The Morgan fingerprint density at radius 1 is 1.14 bits per heavy atom. The molecule has 1 heterocycles. The number of hydrogen-bond donors (Lipinski definition) is 1. The third kappa shape index (κ3) is 2.43. The van der Waals surface area contributed by atoms with Crippen molar-refractivity contribution >= 4 is 16.9 Å². The molecular weight excluding hydrogens is 266 g/mol. The molecule has 3 rings (SSSR count). The number of aromatic carboxylic acids is 1. The Bertz CT molecular complexity index is 827. The van der Waals surface area contributed by atoms with Crippen LogP contribution in [0, 0.1) is 0 Å². The van der Waals surface area contributed by atoms with Gasteiger partial charge in [0, 0.05) is 22.7 Å². The van der Waals surface area contributed by atoms with Crippen LogP contribution in [0.1, 0.15) is 10.4 Å². The third-order valence-corrected chi connectivity index (χ3v) is 3.35. The number of aromatic nitrogens is 1. The van der Waals surface area contributed by atoms with Gasteiger partial charge in [-0.1, -0.05) is 18.2 Å². The lowest BCUT2D eigenvalue weighted by atomic mass is 10.0. The van der Waals surface area contributed by atoms with Crippen LogP contribution in [0.3, 0.4) is 0 Å². The van der Waals surface area contributed by atoms with Crippen LogP contribution in [0.15, 0.2) is 54.7 Å². The quantitative estimate of drug-likeness (QED) is 0.795. The van der Waals surface area contributed by atoms with Gasteiger partial charge in [-0.15, -0.1) is 0 Å². The van der Waals surface area contributed by atoms with Gasteiger partial charge in [0.05, 0.1) is 18.2 Å². The van der Waals surface area contributed by atoms with Gasteiger partial charge in [-0.2, -0.15) is 0 Å². The first-order chi connectivity index (χ1) is 10.2. The van der Waals surface area contributed by atoms with Crippen molar-refractivity contribution in [3.63, 3.8) is 0 Å². The van der Waals surface area contributed by atoms with Crippen molar-refractivity contribution < 1.29 is 14.6 Å². The van der Waals surface area contributed by atoms with Gasteiger partial charge in [0.2, 0.25) is 0 Å². The van der Waals surface area contributed by atoms with Crippen LogP contribution in [-0.4, -0.2) is 23.2 Å². The molecule has 21 heavy (non-hydrogen) atoms. The Balaban J connectivity index is 2.17. The largest absolute Gasteiger partial charge is 0.496 e. The minimum absolute atomic E-state index is 0.251. The first kappa shape index (κ1) is 13.1. The lowest BCUT2D eigenvalue weighted by Gasteiger charge is -2.09. The van der Waals surface area contributed by atoms with E-state index < -0.39 is 5.97 Å². The number of pyridine rings is 1. The number of methoxy groups -OCH3 is 1. The standard InChI is InChI=1S/C17H13NO3/c1-21-16-5-3-2-4-14(16)13-9-12-8-11(17(19)20)6-7-15(12)18-10-13/h2-10H,1H3,(H,19,20). The van der Waals surface area contributed by atoms with Crippen molar-refractivity contribution in [1.29, 1.82) is 0 Å². The molecular formula is C17H13NO3. The molecule has 4 heteroatoms. The summed E-state index contributed by atoms with van der Waals surface area (Å²) in [6.07, 6.45) is 1.76. The second-order valence-electron chi connectivity index (χ2n) is 4.64. The normalized spacial score (nSPS) is 10.5. The molecule has 0 aliphatic carbocycles. The maximum absolute atomic E-state index is 11.1. The van der Waals surface area contributed by atoms with E-state index in [9.17, 15) is 4.79 Å². The maximum atomic E-state index is 11.1. The van der Waals surface area contributed by atoms with Crippen molar-refractivity contribution in [2.75, 3.05) is 7.11 Å². The molecule has 3 aromatic rings. The van der Waals surface area contributed by atoms with E-state index in [1.807, 2.05) is 30.3 Å². The fourth-order valence-electron chi connectivity index (χ4n) is 2.30. The molecule has 1 aromatic heterocycles. The van der Waals surface area contributed by atoms with E-state index in [4.69, 9.17) is 9.84 Å². The predicted octanol–water partition coefficient (Wildman–Crippen LogP) is 3.61. The fraction of sp³-hybridized carbons (Fsp3) is 0.0588. The Kier molecular flexibility index (Phi) is 3.28. The van der Waals surface area contributed by atoms with Crippen LogP contribution < -0.4 is 4.74 Å². The van der Waals surface area contributed by atoms with Gasteiger partial charge in [0.25, 0.3) is 0 Å². The summed E-state index contributed by atoms with van der Waals surface area (Å²) in [6, 6.07) is 14.5. The predicted molar refractivity (Wildman–Crippen MR) is 80.7 cm³/mol. The number of para-hydroxylation sites is 1. The zero-order chi connectivity index (χ0) is 14.8. The zero-order valence-corrected chi connectivity index (χ0v) is 11.4. The van der Waals surface area contributed by atoms with Gasteiger partial charge in [-0.25, -0.2) is 4.79 Å². The maximum Gasteiger partial charge on any atom is 0.335 e. The van der Waals surface area contributed by atoms with Gasteiger partial charge in [-0.05, 0) is 30.3 Å². The first-order valence-corrected chi connectivity index (χ1v) is 6.45. The van der Waals surface area contributed by atoms with E-state index in [1.165, 1.54) is 0 Å². The molecule has 0 fully saturated rings. The van der Waals surface area contributed by atoms with Gasteiger partial charge >= 0.3 is 5.97 Å². The van der Waals surface area contributed by atoms with E-state index in [1.54, 1.807) is 31.5 Å². The number of nitrogens with zero attached hydrogens (tertiary/aromatic N) is 1. The molecule has 4 nitrogen and oxygen atoms in total. The van der Waals surface area contributed by atoms with Crippen molar-refractivity contribution in [2.45, 2.75) is 0 Å². The summed E-state index contributed by atoms with van der Waals surface area (Å²) in [5.41, 5.74) is 2.83. The minimum Gasteiger partial charge on any atom is -0.496 e. The number of carboxylic acid groups (broad SMARTS) is 1. The minimum atomic E-state index is -0.945.